The summed E-state index contributed by atoms with van der Waals surface area (Å²) in [5.74, 6) is 0.760. The number of likely N-dealkylation sites (N-methyl/N-ethyl adjacent to an activating group) is 1. The third-order valence-corrected chi connectivity index (χ3v) is 4.35. The van der Waals surface area contributed by atoms with Crippen LogP contribution >= 0.6 is 0 Å². The Bertz CT molecular complexity index is 903. The van der Waals surface area contributed by atoms with Crippen LogP contribution in [-0.2, 0) is 9.53 Å². The van der Waals surface area contributed by atoms with E-state index in [1.54, 1.807) is 45.0 Å². The van der Waals surface area contributed by atoms with Crippen LogP contribution in [0.25, 0.3) is 0 Å². The van der Waals surface area contributed by atoms with E-state index in [2.05, 4.69) is 27.6 Å². The Labute approximate surface area is 174 Å². The molecule has 0 saturated carbocycles. The second kappa shape index (κ2) is 8.46. The van der Waals surface area contributed by atoms with Crippen LogP contribution in [0.4, 0.5) is 10.5 Å². The second-order valence-electron chi connectivity index (χ2n) is 7.81. The number of nitriles is 1. The summed E-state index contributed by atoms with van der Waals surface area (Å²) in [6.07, 6.45) is -0.367. The molecule has 2 aliphatic heterocycles. The van der Waals surface area contributed by atoms with Crippen molar-refractivity contribution >= 4 is 23.5 Å². The molecule has 0 unspecified atom stereocenters. The molecule has 1 aromatic carbocycles. The fourth-order valence-electron chi connectivity index (χ4n) is 2.99. The molecule has 0 fully saturated rings. The number of hydrogen-bond donors (Lipinski definition) is 3. The molecule has 3 rings (SSSR count). The molecule has 0 spiro atoms. The van der Waals surface area contributed by atoms with E-state index in [9.17, 15) is 9.59 Å². The van der Waals surface area contributed by atoms with Crippen molar-refractivity contribution in [2.75, 3.05) is 25.1 Å². The first-order valence-electron chi connectivity index (χ1n) is 9.47. The lowest BCUT2D eigenvalue weighted by Crippen LogP contribution is -2.50. The SMILES string of the molecule is CN1C(=O)[C@@H](NC(=O)OC(C)(C)C)COc2ccc(C3=NNNN3CCC#N)cc21. The van der Waals surface area contributed by atoms with Gasteiger partial charge in [-0.15, -0.1) is 10.6 Å². The Morgan fingerprint density at radius 2 is 2.23 bits per heavy atom. The lowest BCUT2D eigenvalue weighted by atomic mass is 10.1. The van der Waals surface area contributed by atoms with E-state index in [4.69, 9.17) is 14.7 Å². The van der Waals surface area contributed by atoms with Gasteiger partial charge in [-0.1, -0.05) is 0 Å². The molecule has 2 heterocycles. The molecule has 0 radical (unpaired) electrons. The van der Waals surface area contributed by atoms with Gasteiger partial charge in [0, 0.05) is 12.6 Å². The molecule has 0 saturated heterocycles. The standard InChI is InChI=1S/C19H25N7O4/c1-19(2,3)30-18(28)21-13-11-29-15-7-6-12(10-14(15)25(4)17(13)27)16-22-23-24-26(16)9-5-8-20/h6-7,10,13,23-24H,5,9,11H2,1-4H3,(H,21,28)/t13-/m0/s1. The number of rotatable bonds is 4. The molecule has 160 valence electrons. The highest BCUT2D eigenvalue weighted by Gasteiger charge is 2.32. The summed E-state index contributed by atoms with van der Waals surface area (Å²) in [6, 6.07) is 6.53. The number of fused-ring (bicyclic) bond motifs is 1. The van der Waals surface area contributed by atoms with Crippen LogP contribution in [0.3, 0.4) is 0 Å². The highest BCUT2D eigenvalue weighted by Crippen LogP contribution is 2.32. The molecule has 0 aliphatic carbocycles. The van der Waals surface area contributed by atoms with Gasteiger partial charge in [0.05, 0.1) is 24.7 Å². The number of nitrogens with zero attached hydrogens (tertiary/aromatic N) is 4. The fraction of sp³-hybridized carbons (Fsp3) is 0.474. The summed E-state index contributed by atoms with van der Waals surface area (Å²) >= 11 is 0. The van der Waals surface area contributed by atoms with Crippen LogP contribution in [0.15, 0.2) is 23.3 Å². The van der Waals surface area contributed by atoms with Crippen LogP contribution in [0.1, 0.15) is 32.8 Å². The maximum atomic E-state index is 12.9. The lowest BCUT2D eigenvalue weighted by Gasteiger charge is -2.24. The topological polar surface area (TPSA) is 131 Å². The van der Waals surface area contributed by atoms with Gasteiger partial charge in [-0.05, 0) is 39.0 Å². The van der Waals surface area contributed by atoms with Crippen LogP contribution in [0, 0.1) is 11.3 Å². The van der Waals surface area contributed by atoms with Crippen LogP contribution in [0.5, 0.6) is 5.75 Å². The number of benzene rings is 1. The predicted octanol–water partition coefficient (Wildman–Crippen LogP) is 0.835. The zero-order valence-corrected chi connectivity index (χ0v) is 17.4. The van der Waals surface area contributed by atoms with Gasteiger partial charge in [0.2, 0.25) is 0 Å². The number of anilines is 1. The summed E-state index contributed by atoms with van der Waals surface area (Å²) in [5.41, 5.74) is 6.12. The molecule has 1 aromatic rings. The van der Waals surface area contributed by atoms with Crippen molar-refractivity contribution in [1.82, 2.24) is 21.4 Å². The molecule has 2 amide bonds. The Kier molecular flexibility index (Phi) is 5.98. The third-order valence-electron chi connectivity index (χ3n) is 4.35. The van der Waals surface area contributed by atoms with E-state index in [1.807, 2.05) is 6.07 Å². The summed E-state index contributed by atoms with van der Waals surface area (Å²) < 4.78 is 11.0. The monoisotopic (exact) mass is 415 g/mol. The van der Waals surface area contributed by atoms with Gasteiger partial charge in [-0.3, -0.25) is 9.80 Å². The molecule has 1 atom stereocenters. The summed E-state index contributed by atoms with van der Waals surface area (Å²) in [7, 11) is 1.61. The van der Waals surface area contributed by atoms with Gasteiger partial charge in [0.15, 0.2) is 5.84 Å². The molecule has 11 nitrogen and oxygen atoms in total. The van der Waals surface area contributed by atoms with E-state index < -0.39 is 17.7 Å². The van der Waals surface area contributed by atoms with E-state index in [0.717, 1.165) is 5.56 Å². The Morgan fingerprint density at radius 1 is 1.47 bits per heavy atom. The van der Waals surface area contributed by atoms with Crippen molar-refractivity contribution in [3.63, 3.8) is 0 Å². The van der Waals surface area contributed by atoms with Gasteiger partial charge < -0.3 is 19.7 Å². The van der Waals surface area contributed by atoms with Crippen molar-refractivity contribution in [2.24, 2.45) is 5.10 Å². The van der Waals surface area contributed by atoms with Gasteiger partial charge in [-0.2, -0.15) is 5.26 Å². The number of alkyl carbamates (subject to hydrolysis) is 1. The van der Waals surface area contributed by atoms with Crippen molar-refractivity contribution in [3.05, 3.63) is 23.8 Å². The first-order chi connectivity index (χ1) is 14.2. The first-order valence-corrected chi connectivity index (χ1v) is 9.47. The molecule has 3 N–H and O–H groups in total. The number of amides is 2. The normalized spacial score (nSPS) is 18.4. The molecule has 0 bridgehead atoms. The highest BCUT2D eigenvalue weighted by atomic mass is 16.6. The molecule has 30 heavy (non-hydrogen) atoms. The number of carbonyl (C=O) groups excluding carboxylic acids is 2. The molecular weight excluding hydrogens is 390 g/mol. The van der Waals surface area contributed by atoms with E-state index >= 15 is 0 Å². The van der Waals surface area contributed by atoms with Crippen molar-refractivity contribution in [2.45, 2.75) is 38.8 Å². The van der Waals surface area contributed by atoms with E-state index in [-0.39, 0.29) is 12.5 Å². The van der Waals surface area contributed by atoms with Gasteiger partial charge in [0.1, 0.15) is 24.0 Å². The van der Waals surface area contributed by atoms with E-state index in [0.29, 0.717) is 30.2 Å². The zero-order chi connectivity index (χ0) is 21.9. The average molecular weight is 415 g/mol. The number of ether oxygens (including phenoxy) is 2. The largest absolute Gasteiger partial charge is 0.489 e. The summed E-state index contributed by atoms with van der Waals surface area (Å²) in [5, 5.41) is 17.3. The number of hydrazine groups is 2. The van der Waals surface area contributed by atoms with Gasteiger partial charge in [0.25, 0.3) is 5.91 Å². The quantitative estimate of drug-likeness (QED) is 0.659. The first kappa shape index (κ1) is 21.2. The number of amidine groups is 1. The number of carbonyl (C=O) groups is 2. The highest BCUT2D eigenvalue weighted by molar-refractivity contribution is 6.04. The van der Waals surface area contributed by atoms with Crippen LogP contribution in [-0.4, -0.2) is 54.7 Å². The Hall–Kier alpha value is -3.52. The minimum absolute atomic E-state index is 0.0207. The minimum Gasteiger partial charge on any atom is -0.489 e. The smallest absolute Gasteiger partial charge is 0.408 e. The fourth-order valence-corrected chi connectivity index (χ4v) is 2.99. The number of hydrogen-bond acceptors (Lipinski definition) is 9. The Balaban J connectivity index is 1.78. The third kappa shape index (κ3) is 4.72. The molecule has 0 aromatic heterocycles. The minimum atomic E-state index is -0.889. The number of hydrazone groups is 1. The molecule has 11 heteroatoms. The van der Waals surface area contributed by atoms with Crippen LogP contribution < -0.4 is 26.0 Å². The van der Waals surface area contributed by atoms with Gasteiger partial charge >= 0.3 is 6.09 Å². The predicted molar refractivity (Wildman–Crippen MR) is 108 cm³/mol. The number of nitrogens with one attached hydrogen (secondary N) is 3. The average Bonchev–Trinajstić information content (AvgIpc) is 3.11. The summed E-state index contributed by atoms with van der Waals surface area (Å²) in [6.45, 7) is 5.66. The van der Waals surface area contributed by atoms with E-state index in [1.165, 1.54) is 4.90 Å². The molecule has 2 aliphatic rings. The Morgan fingerprint density at radius 3 is 2.93 bits per heavy atom. The maximum absolute atomic E-state index is 12.9. The van der Waals surface area contributed by atoms with Crippen molar-refractivity contribution < 1.29 is 19.1 Å². The van der Waals surface area contributed by atoms with Crippen LogP contribution in [0.2, 0.25) is 0 Å². The zero-order valence-electron chi connectivity index (χ0n) is 17.4. The van der Waals surface area contributed by atoms with Crippen molar-refractivity contribution in [1.29, 1.82) is 5.26 Å². The maximum Gasteiger partial charge on any atom is 0.408 e. The van der Waals surface area contributed by atoms with Gasteiger partial charge in [-0.25, -0.2) is 10.3 Å². The van der Waals surface area contributed by atoms with Crippen molar-refractivity contribution in [3.8, 4) is 11.8 Å². The summed E-state index contributed by atoms with van der Waals surface area (Å²) in [4.78, 5) is 26.5. The molecular formula is C19H25N7O4. The second-order valence-corrected chi connectivity index (χ2v) is 7.81. The lowest BCUT2D eigenvalue weighted by molar-refractivity contribution is -0.120.